The molecule has 0 radical (unpaired) electrons. The van der Waals surface area contributed by atoms with Crippen molar-refractivity contribution in [1.82, 2.24) is 0 Å². The van der Waals surface area contributed by atoms with Crippen molar-refractivity contribution < 1.29 is 25.2 Å². The number of unbranched alkanes of at least 4 members (excludes halogenated alkanes) is 30. The first kappa shape index (κ1) is 47.5. The lowest BCUT2D eigenvalue weighted by molar-refractivity contribution is -0.131. The lowest BCUT2D eigenvalue weighted by Gasteiger charge is -2.25. The highest BCUT2D eigenvalue weighted by atomic mass is 16.3. The second kappa shape index (κ2) is 37.8. The van der Waals surface area contributed by atoms with Crippen molar-refractivity contribution in [3.63, 3.8) is 0 Å². The van der Waals surface area contributed by atoms with Crippen LogP contribution in [0.3, 0.4) is 0 Å². The van der Waals surface area contributed by atoms with Crippen LogP contribution in [0.4, 0.5) is 0 Å². The normalized spacial score (nSPS) is 14.3. The maximum Gasteiger partial charge on any atom is 0.161 e. The number of hydrogen-bond acceptors (Lipinski definition) is 5. The van der Waals surface area contributed by atoms with E-state index in [2.05, 4.69) is 13.8 Å². The second-order valence-corrected chi connectivity index (χ2v) is 15.4. The molecule has 0 aliphatic carbocycles. The Labute approximate surface area is 299 Å². The molecule has 48 heavy (non-hydrogen) atoms. The Morgan fingerprint density at radius 1 is 0.417 bits per heavy atom. The largest absolute Gasteiger partial charge is 0.396 e. The standard InChI is InChI=1S/C43H86O5/c1-3-5-7-9-11-13-15-17-18-19-20-21-22-23-24-26-27-29-31-33-35-40(45)42(47)37-39(38-44)43(48)41(46)36-34-32-30-28-25-16-14-12-10-8-6-4-2/h39-41,43-46,48H,3-38H2,1-2H3. The first-order valence-corrected chi connectivity index (χ1v) is 21.7. The zero-order valence-corrected chi connectivity index (χ0v) is 32.5. The van der Waals surface area contributed by atoms with E-state index in [-0.39, 0.29) is 18.8 Å². The molecule has 4 atom stereocenters. The van der Waals surface area contributed by atoms with Gasteiger partial charge in [-0.1, -0.05) is 219 Å². The van der Waals surface area contributed by atoms with Gasteiger partial charge >= 0.3 is 0 Å². The molecule has 0 aromatic rings. The number of aliphatic hydroxyl groups excluding tert-OH is 4. The molecule has 0 amide bonds. The molecule has 4 unspecified atom stereocenters. The van der Waals surface area contributed by atoms with Crippen LogP contribution >= 0.6 is 0 Å². The smallest absolute Gasteiger partial charge is 0.161 e. The monoisotopic (exact) mass is 683 g/mol. The highest BCUT2D eigenvalue weighted by Gasteiger charge is 2.29. The fourth-order valence-electron chi connectivity index (χ4n) is 7.12. The molecule has 5 heteroatoms. The minimum absolute atomic E-state index is 0.0898. The van der Waals surface area contributed by atoms with Crippen LogP contribution in [-0.4, -0.2) is 51.1 Å². The van der Waals surface area contributed by atoms with Crippen LogP contribution in [-0.2, 0) is 4.79 Å². The van der Waals surface area contributed by atoms with Gasteiger partial charge in [0.25, 0.3) is 0 Å². The minimum atomic E-state index is -1.14. The lowest BCUT2D eigenvalue weighted by Crippen LogP contribution is -2.38. The summed E-state index contributed by atoms with van der Waals surface area (Å²) < 4.78 is 0. The molecule has 0 fully saturated rings. The Morgan fingerprint density at radius 2 is 0.688 bits per heavy atom. The Balaban J connectivity index is 3.68. The highest BCUT2D eigenvalue weighted by Crippen LogP contribution is 2.21. The van der Waals surface area contributed by atoms with E-state index in [0.29, 0.717) is 12.8 Å². The average Bonchev–Trinajstić information content (AvgIpc) is 3.09. The first-order valence-electron chi connectivity index (χ1n) is 21.7. The predicted octanol–water partition coefficient (Wildman–Crippen LogP) is 11.9. The first-order chi connectivity index (χ1) is 23.5. The highest BCUT2D eigenvalue weighted by molar-refractivity contribution is 5.83. The SMILES string of the molecule is CCCCCCCCCCCCCCCCCCCCCCC(O)C(=O)CC(CO)C(O)C(O)CCCCCCCCCCCCCC. The Kier molecular flexibility index (Phi) is 37.4. The summed E-state index contributed by atoms with van der Waals surface area (Å²) in [5.74, 6) is -1.06. The van der Waals surface area contributed by atoms with Gasteiger partial charge in [0.1, 0.15) is 6.10 Å². The van der Waals surface area contributed by atoms with Crippen LogP contribution < -0.4 is 0 Å². The zero-order valence-electron chi connectivity index (χ0n) is 32.5. The van der Waals surface area contributed by atoms with Crippen molar-refractivity contribution in [1.29, 1.82) is 0 Å². The van der Waals surface area contributed by atoms with Crippen LogP contribution in [0.2, 0.25) is 0 Å². The summed E-state index contributed by atoms with van der Waals surface area (Å²) in [5.41, 5.74) is 0. The molecule has 0 spiro atoms. The quantitative estimate of drug-likeness (QED) is 0.0482. The van der Waals surface area contributed by atoms with Gasteiger partial charge in [-0.15, -0.1) is 0 Å². The van der Waals surface area contributed by atoms with E-state index in [0.717, 1.165) is 38.5 Å². The summed E-state index contributed by atoms with van der Waals surface area (Å²) in [4.78, 5) is 12.6. The molecule has 0 aromatic heterocycles. The topological polar surface area (TPSA) is 98.0 Å². The molecule has 0 saturated heterocycles. The Hall–Kier alpha value is -0.490. The maximum absolute atomic E-state index is 12.6. The molecular formula is C43H86O5. The second-order valence-electron chi connectivity index (χ2n) is 15.4. The molecule has 0 saturated carbocycles. The van der Waals surface area contributed by atoms with Gasteiger partial charge in [0, 0.05) is 18.9 Å². The predicted molar refractivity (Wildman–Crippen MR) is 207 cm³/mol. The van der Waals surface area contributed by atoms with E-state index < -0.39 is 24.2 Å². The molecule has 0 aromatic carbocycles. The third-order valence-corrected chi connectivity index (χ3v) is 10.6. The summed E-state index contributed by atoms with van der Waals surface area (Å²) in [6, 6.07) is 0. The number of carbonyl (C=O) groups is 1. The summed E-state index contributed by atoms with van der Waals surface area (Å²) in [7, 11) is 0. The summed E-state index contributed by atoms with van der Waals surface area (Å²) >= 11 is 0. The van der Waals surface area contributed by atoms with Gasteiger partial charge < -0.3 is 20.4 Å². The lowest BCUT2D eigenvalue weighted by atomic mass is 9.89. The van der Waals surface area contributed by atoms with Gasteiger partial charge in [0.05, 0.1) is 12.2 Å². The van der Waals surface area contributed by atoms with Gasteiger partial charge in [0.2, 0.25) is 0 Å². The Morgan fingerprint density at radius 3 is 0.979 bits per heavy atom. The number of Topliss-reactive ketones (excluding diaryl/α,β-unsaturated/α-hetero) is 1. The van der Waals surface area contributed by atoms with Gasteiger partial charge in [-0.3, -0.25) is 4.79 Å². The third-order valence-electron chi connectivity index (χ3n) is 10.6. The average molecular weight is 683 g/mol. The number of aliphatic hydroxyl groups is 4. The summed E-state index contributed by atoms with van der Waals surface area (Å²) in [6.45, 7) is 4.17. The minimum Gasteiger partial charge on any atom is -0.396 e. The molecule has 288 valence electrons. The molecule has 5 nitrogen and oxygen atoms in total. The van der Waals surface area contributed by atoms with Gasteiger partial charge in [-0.05, 0) is 12.8 Å². The fraction of sp³-hybridized carbons (Fsp3) is 0.977. The van der Waals surface area contributed by atoms with E-state index in [1.54, 1.807) is 0 Å². The van der Waals surface area contributed by atoms with Crippen molar-refractivity contribution in [3.05, 3.63) is 0 Å². The van der Waals surface area contributed by atoms with Crippen molar-refractivity contribution in [2.24, 2.45) is 5.92 Å². The van der Waals surface area contributed by atoms with E-state index in [1.807, 2.05) is 0 Å². The van der Waals surface area contributed by atoms with Crippen molar-refractivity contribution >= 4 is 5.78 Å². The van der Waals surface area contributed by atoms with Crippen LogP contribution in [0.25, 0.3) is 0 Å². The van der Waals surface area contributed by atoms with Crippen molar-refractivity contribution in [2.75, 3.05) is 6.61 Å². The van der Waals surface area contributed by atoms with Crippen molar-refractivity contribution in [2.45, 2.75) is 257 Å². The molecule has 4 N–H and O–H groups in total. The zero-order chi connectivity index (χ0) is 35.3. The van der Waals surface area contributed by atoms with E-state index in [4.69, 9.17) is 0 Å². The van der Waals surface area contributed by atoms with Crippen molar-refractivity contribution in [3.8, 4) is 0 Å². The van der Waals surface area contributed by atoms with Crippen LogP contribution in [0, 0.1) is 5.92 Å². The number of rotatable bonds is 40. The number of ketones is 1. The van der Waals surface area contributed by atoms with Gasteiger partial charge in [-0.25, -0.2) is 0 Å². The molecule has 0 heterocycles. The van der Waals surface area contributed by atoms with Crippen LogP contribution in [0.1, 0.15) is 239 Å². The fourth-order valence-corrected chi connectivity index (χ4v) is 7.12. The molecular weight excluding hydrogens is 596 g/mol. The number of hydrogen-bond donors (Lipinski definition) is 4. The summed E-state index contributed by atoms with van der Waals surface area (Å²) in [5, 5.41) is 41.3. The molecule has 0 aliphatic heterocycles. The number of carbonyl (C=O) groups excluding carboxylic acids is 1. The molecule has 0 bridgehead atoms. The molecule has 0 rings (SSSR count). The van der Waals surface area contributed by atoms with Gasteiger partial charge in [0.15, 0.2) is 5.78 Å². The summed E-state index contributed by atoms with van der Waals surface area (Å²) in [6.07, 6.45) is 39.0. The third kappa shape index (κ3) is 31.5. The van der Waals surface area contributed by atoms with Crippen LogP contribution in [0.5, 0.6) is 0 Å². The van der Waals surface area contributed by atoms with E-state index in [9.17, 15) is 25.2 Å². The van der Waals surface area contributed by atoms with Crippen LogP contribution in [0.15, 0.2) is 0 Å². The van der Waals surface area contributed by atoms with E-state index in [1.165, 1.54) is 167 Å². The van der Waals surface area contributed by atoms with Gasteiger partial charge in [-0.2, -0.15) is 0 Å². The molecule has 0 aliphatic rings. The Bertz CT molecular complexity index is 641. The van der Waals surface area contributed by atoms with E-state index >= 15 is 0 Å². The maximum atomic E-state index is 12.6.